The Balaban J connectivity index is 2.66. The lowest BCUT2D eigenvalue weighted by molar-refractivity contribution is 0.0441. The minimum Gasteiger partial charge on any atom is -0.380 e. The molecule has 0 aliphatic rings. The van der Waals surface area contributed by atoms with Crippen molar-refractivity contribution >= 4 is 15.9 Å². The first-order valence-electron chi connectivity index (χ1n) is 5.57. The van der Waals surface area contributed by atoms with E-state index in [0.29, 0.717) is 5.92 Å². The van der Waals surface area contributed by atoms with E-state index in [1.807, 2.05) is 12.1 Å². The molecule has 2 N–H and O–H groups in total. The van der Waals surface area contributed by atoms with Gasteiger partial charge >= 0.3 is 0 Å². The summed E-state index contributed by atoms with van der Waals surface area (Å²) in [4.78, 5) is 0. The molecule has 16 heavy (non-hydrogen) atoms. The van der Waals surface area contributed by atoms with Crippen molar-refractivity contribution in [3.63, 3.8) is 0 Å². The summed E-state index contributed by atoms with van der Waals surface area (Å²) in [5, 5.41) is 0. The lowest BCUT2D eigenvalue weighted by Crippen LogP contribution is -2.41. The van der Waals surface area contributed by atoms with Crippen molar-refractivity contribution in [1.29, 1.82) is 0 Å². The summed E-state index contributed by atoms with van der Waals surface area (Å²) < 4.78 is 6.53. The van der Waals surface area contributed by atoms with Gasteiger partial charge in [-0.25, -0.2) is 0 Å². The summed E-state index contributed by atoms with van der Waals surface area (Å²) in [5.74, 6) is 0.437. The van der Waals surface area contributed by atoms with Crippen LogP contribution in [0.3, 0.4) is 0 Å². The number of rotatable bonds is 5. The van der Waals surface area contributed by atoms with Crippen molar-refractivity contribution < 1.29 is 4.74 Å². The quantitative estimate of drug-likeness (QED) is 0.903. The number of nitrogens with two attached hydrogens (primary N) is 1. The van der Waals surface area contributed by atoms with Gasteiger partial charge < -0.3 is 10.5 Å². The van der Waals surface area contributed by atoms with Gasteiger partial charge in [0, 0.05) is 17.6 Å². The Labute approximate surface area is 106 Å². The van der Waals surface area contributed by atoms with Crippen molar-refractivity contribution in [2.24, 2.45) is 11.7 Å². The van der Waals surface area contributed by atoms with Crippen LogP contribution in [-0.2, 0) is 11.2 Å². The van der Waals surface area contributed by atoms with Crippen LogP contribution >= 0.6 is 15.9 Å². The third-order valence-electron chi connectivity index (χ3n) is 2.71. The second kappa shape index (κ2) is 6.38. The molecular weight excluding hydrogens is 266 g/mol. The van der Waals surface area contributed by atoms with E-state index in [0.717, 1.165) is 10.9 Å². The van der Waals surface area contributed by atoms with Crippen LogP contribution in [0.4, 0.5) is 0 Å². The van der Waals surface area contributed by atoms with Crippen LogP contribution < -0.4 is 5.73 Å². The molecule has 1 aromatic carbocycles. The van der Waals surface area contributed by atoms with Gasteiger partial charge in [-0.15, -0.1) is 0 Å². The first-order valence-corrected chi connectivity index (χ1v) is 6.36. The number of methoxy groups -OCH3 is 1. The van der Waals surface area contributed by atoms with Crippen LogP contribution in [0.15, 0.2) is 28.7 Å². The van der Waals surface area contributed by atoms with E-state index >= 15 is 0 Å². The highest BCUT2D eigenvalue weighted by atomic mass is 79.9. The molecule has 0 fully saturated rings. The summed E-state index contributed by atoms with van der Waals surface area (Å²) >= 11 is 3.46. The second-order valence-corrected chi connectivity index (χ2v) is 5.36. The Bertz CT molecular complexity index is 327. The highest BCUT2D eigenvalue weighted by Gasteiger charge is 2.20. The molecule has 0 saturated heterocycles. The predicted octanol–water partition coefficient (Wildman–Crippen LogP) is 2.99. The van der Waals surface area contributed by atoms with Crippen LogP contribution in [0.25, 0.3) is 0 Å². The van der Waals surface area contributed by atoms with Crippen molar-refractivity contribution in [2.45, 2.75) is 32.4 Å². The van der Waals surface area contributed by atoms with Gasteiger partial charge in [-0.2, -0.15) is 0 Å². The van der Waals surface area contributed by atoms with Crippen molar-refractivity contribution in [2.75, 3.05) is 7.11 Å². The molecule has 0 radical (unpaired) electrons. The Morgan fingerprint density at radius 1 is 1.38 bits per heavy atom. The summed E-state index contributed by atoms with van der Waals surface area (Å²) in [6.07, 6.45) is 0.954. The number of benzene rings is 1. The third kappa shape index (κ3) is 3.89. The zero-order valence-corrected chi connectivity index (χ0v) is 11.7. The Hall–Kier alpha value is -0.380. The largest absolute Gasteiger partial charge is 0.380 e. The smallest absolute Gasteiger partial charge is 0.0748 e. The van der Waals surface area contributed by atoms with Crippen LogP contribution in [-0.4, -0.2) is 19.3 Å². The monoisotopic (exact) mass is 285 g/mol. The molecule has 0 aliphatic heterocycles. The molecule has 2 atom stereocenters. The zero-order chi connectivity index (χ0) is 12.1. The van der Waals surface area contributed by atoms with E-state index < -0.39 is 0 Å². The topological polar surface area (TPSA) is 35.2 Å². The average Bonchev–Trinajstić information content (AvgIpc) is 2.17. The summed E-state index contributed by atoms with van der Waals surface area (Å²) in [6.45, 7) is 4.27. The highest BCUT2D eigenvalue weighted by molar-refractivity contribution is 9.10. The van der Waals surface area contributed by atoms with Crippen molar-refractivity contribution in [3.05, 3.63) is 34.3 Å². The molecule has 1 aromatic rings. The molecule has 0 spiro atoms. The Morgan fingerprint density at radius 2 is 2.06 bits per heavy atom. The summed E-state index contributed by atoms with van der Waals surface area (Å²) in [5.41, 5.74) is 7.41. The number of hydrogen-bond acceptors (Lipinski definition) is 2. The maximum Gasteiger partial charge on any atom is 0.0748 e. The van der Waals surface area contributed by atoms with Gasteiger partial charge in [-0.05, 0) is 30.0 Å². The molecule has 3 heteroatoms. The number of ether oxygens (including phenoxy) is 1. The fraction of sp³-hybridized carbons (Fsp3) is 0.538. The van der Waals surface area contributed by atoms with Crippen molar-refractivity contribution in [1.82, 2.24) is 0 Å². The third-order valence-corrected chi connectivity index (χ3v) is 3.20. The van der Waals surface area contributed by atoms with Gasteiger partial charge in [0.15, 0.2) is 0 Å². The van der Waals surface area contributed by atoms with Crippen LogP contribution in [0, 0.1) is 5.92 Å². The lowest BCUT2D eigenvalue weighted by atomic mass is 9.95. The van der Waals surface area contributed by atoms with E-state index in [1.54, 1.807) is 7.11 Å². The highest BCUT2D eigenvalue weighted by Crippen LogP contribution is 2.16. The predicted molar refractivity (Wildman–Crippen MR) is 71.5 cm³/mol. The molecule has 0 amide bonds. The van der Waals surface area contributed by atoms with Gasteiger partial charge in [0.05, 0.1) is 6.10 Å². The molecule has 1 rings (SSSR count). The molecule has 2 nitrogen and oxygen atoms in total. The van der Waals surface area contributed by atoms with Gasteiger partial charge in [-0.1, -0.05) is 41.9 Å². The second-order valence-electron chi connectivity index (χ2n) is 4.44. The van der Waals surface area contributed by atoms with Gasteiger partial charge in [-0.3, -0.25) is 0 Å². The van der Waals surface area contributed by atoms with Crippen LogP contribution in [0.1, 0.15) is 19.4 Å². The van der Waals surface area contributed by atoms with Crippen LogP contribution in [0.5, 0.6) is 0 Å². The maximum atomic E-state index is 6.17. The number of hydrogen-bond donors (Lipinski definition) is 1. The minimum absolute atomic E-state index is 0.0410. The molecule has 90 valence electrons. The van der Waals surface area contributed by atoms with E-state index in [-0.39, 0.29) is 12.1 Å². The van der Waals surface area contributed by atoms with Gasteiger partial charge in [0.25, 0.3) is 0 Å². The molecule has 0 saturated carbocycles. The summed E-state index contributed by atoms with van der Waals surface area (Å²) in [6, 6.07) is 8.29. The summed E-state index contributed by atoms with van der Waals surface area (Å²) in [7, 11) is 1.73. The average molecular weight is 286 g/mol. The molecule has 0 heterocycles. The maximum absolute atomic E-state index is 6.17. The molecule has 0 aromatic heterocycles. The van der Waals surface area contributed by atoms with Gasteiger partial charge in [0.2, 0.25) is 0 Å². The van der Waals surface area contributed by atoms with Gasteiger partial charge in [0.1, 0.15) is 0 Å². The molecule has 0 aliphatic carbocycles. The van der Waals surface area contributed by atoms with E-state index in [4.69, 9.17) is 10.5 Å². The van der Waals surface area contributed by atoms with E-state index in [9.17, 15) is 0 Å². The Morgan fingerprint density at radius 3 is 2.56 bits per heavy atom. The van der Waals surface area contributed by atoms with E-state index in [1.165, 1.54) is 5.56 Å². The molecule has 2 unspecified atom stereocenters. The van der Waals surface area contributed by atoms with Crippen molar-refractivity contribution in [3.8, 4) is 0 Å². The normalized spacial score (nSPS) is 15.1. The fourth-order valence-corrected chi connectivity index (χ4v) is 2.44. The molecule has 0 bridgehead atoms. The molecular formula is C13H20BrNO. The standard InChI is InChI=1S/C13H20BrNO/c1-9(2)13(16-3)12(15)8-10-5-4-6-11(14)7-10/h4-7,9,12-13H,8,15H2,1-3H3. The SMILES string of the molecule is COC(C(C)C)C(N)Cc1cccc(Br)c1. The first kappa shape index (κ1) is 13.7. The van der Waals surface area contributed by atoms with Crippen LogP contribution in [0.2, 0.25) is 0 Å². The lowest BCUT2D eigenvalue weighted by Gasteiger charge is -2.26. The number of halogens is 1. The minimum atomic E-state index is 0.0410. The first-order chi connectivity index (χ1) is 7.54. The fourth-order valence-electron chi connectivity index (χ4n) is 1.99. The zero-order valence-electron chi connectivity index (χ0n) is 10.1. The Kier molecular flexibility index (Phi) is 5.46. The van der Waals surface area contributed by atoms with E-state index in [2.05, 4.69) is 41.9 Å².